The van der Waals surface area contributed by atoms with Crippen molar-refractivity contribution in [3.8, 4) is 5.75 Å². The van der Waals surface area contributed by atoms with Gasteiger partial charge in [-0.15, -0.1) is 0 Å². The van der Waals surface area contributed by atoms with Gasteiger partial charge in [-0.25, -0.2) is 4.98 Å². The summed E-state index contributed by atoms with van der Waals surface area (Å²) in [7, 11) is 1.57. The molecule has 0 saturated carbocycles. The lowest BCUT2D eigenvalue weighted by Crippen LogP contribution is -2.39. The molecule has 31 heavy (non-hydrogen) atoms. The molecule has 0 saturated heterocycles. The summed E-state index contributed by atoms with van der Waals surface area (Å²) >= 11 is 7.61. The van der Waals surface area contributed by atoms with E-state index in [1.54, 1.807) is 7.11 Å². The molecule has 0 fully saturated rings. The second kappa shape index (κ2) is 10.0. The number of rotatable bonds is 9. The molecule has 0 N–H and O–H groups in total. The van der Waals surface area contributed by atoms with Crippen molar-refractivity contribution in [3.05, 3.63) is 57.1 Å². The monoisotopic (exact) mass is 462 g/mol. The Morgan fingerprint density at radius 2 is 1.97 bits per heavy atom. The Balaban J connectivity index is 2.05. The van der Waals surface area contributed by atoms with Crippen LogP contribution in [0.3, 0.4) is 0 Å². The maximum atomic E-state index is 13.5. The average molecular weight is 463 g/mol. The van der Waals surface area contributed by atoms with Gasteiger partial charge in [-0.1, -0.05) is 42.9 Å². The van der Waals surface area contributed by atoms with E-state index in [2.05, 4.69) is 23.7 Å². The first-order valence-corrected chi connectivity index (χ1v) is 11.0. The van der Waals surface area contributed by atoms with Gasteiger partial charge in [-0.2, -0.15) is 0 Å². The van der Waals surface area contributed by atoms with Crippen molar-refractivity contribution in [2.45, 2.75) is 13.8 Å². The predicted octanol–water partition coefficient (Wildman–Crippen LogP) is 4.86. The number of nitrogens with zero attached hydrogens (tertiary/aromatic N) is 4. The van der Waals surface area contributed by atoms with Crippen molar-refractivity contribution >= 4 is 49.9 Å². The molecule has 0 spiro atoms. The van der Waals surface area contributed by atoms with Gasteiger partial charge in [-0.3, -0.25) is 19.8 Å². The second-order valence-electron chi connectivity index (χ2n) is 6.71. The van der Waals surface area contributed by atoms with Gasteiger partial charge in [0.15, 0.2) is 5.13 Å². The quantitative estimate of drug-likeness (QED) is 0.333. The molecule has 0 aliphatic rings. The molecule has 8 nitrogen and oxygen atoms in total. The van der Waals surface area contributed by atoms with Gasteiger partial charge in [0.1, 0.15) is 11.3 Å². The number of carbonyl (C=O) groups is 1. The van der Waals surface area contributed by atoms with Crippen LogP contribution in [-0.4, -0.2) is 54.0 Å². The van der Waals surface area contributed by atoms with Gasteiger partial charge in [-0.05, 0) is 31.3 Å². The number of ether oxygens (including phenoxy) is 1. The Labute approximate surface area is 189 Å². The van der Waals surface area contributed by atoms with Crippen molar-refractivity contribution < 1.29 is 14.5 Å². The highest BCUT2D eigenvalue weighted by molar-refractivity contribution is 7.22. The number of amides is 1. The fraction of sp³-hybridized carbons (Fsp3) is 0.333. The van der Waals surface area contributed by atoms with E-state index in [4.69, 9.17) is 16.3 Å². The van der Waals surface area contributed by atoms with Gasteiger partial charge < -0.3 is 9.64 Å². The van der Waals surface area contributed by atoms with Crippen LogP contribution in [0.2, 0.25) is 5.02 Å². The molecule has 1 amide bonds. The summed E-state index contributed by atoms with van der Waals surface area (Å²) in [5.74, 6) is 0.184. The minimum Gasteiger partial charge on any atom is -0.494 e. The first-order valence-electron chi connectivity index (χ1n) is 9.81. The summed E-state index contributed by atoms with van der Waals surface area (Å²) in [5, 5.41) is 11.9. The van der Waals surface area contributed by atoms with Crippen LogP contribution in [0.25, 0.3) is 10.2 Å². The minimum atomic E-state index is -0.546. The first-order chi connectivity index (χ1) is 14.9. The second-order valence-corrected chi connectivity index (χ2v) is 8.12. The zero-order valence-electron chi connectivity index (χ0n) is 17.5. The third kappa shape index (κ3) is 4.95. The van der Waals surface area contributed by atoms with Crippen LogP contribution >= 0.6 is 22.9 Å². The largest absolute Gasteiger partial charge is 0.494 e. The van der Waals surface area contributed by atoms with Gasteiger partial charge in [0.25, 0.3) is 11.6 Å². The number of likely N-dealkylation sites (N-methyl/N-ethyl adjacent to an activating group) is 1. The smallest absolute Gasteiger partial charge is 0.270 e. The number of hydrogen-bond donors (Lipinski definition) is 0. The maximum absolute atomic E-state index is 13.5. The summed E-state index contributed by atoms with van der Waals surface area (Å²) in [5.41, 5.74) is 0.542. The fourth-order valence-electron chi connectivity index (χ4n) is 3.19. The van der Waals surface area contributed by atoms with Crippen molar-refractivity contribution in [3.63, 3.8) is 0 Å². The Bertz CT molecular complexity index is 1100. The molecule has 10 heteroatoms. The van der Waals surface area contributed by atoms with Crippen LogP contribution in [0.1, 0.15) is 24.2 Å². The molecular weight excluding hydrogens is 440 g/mol. The van der Waals surface area contributed by atoms with E-state index in [0.717, 1.165) is 17.8 Å². The SMILES string of the molecule is CCN(CC)CCN(C(=O)c1cc([N+](=O)[O-])ccc1Cl)c1nc2c(OC)cccc2s1. The summed E-state index contributed by atoms with van der Waals surface area (Å²) in [6.45, 7) is 6.76. The zero-order valence-corrected chi connectivity index (χ0v) is 19.1. The highest BCUT2D eigenvalue weighted by Gasteiger charge is 2.26. The standard InChI is InChI=1S/C21H23ClN4O4S/c1-4-24(5-2)11-12-25(20(27)15-13-14(26(28)29)9-10-16(15)22)21-23-19-17(30-3)7-6-8-18(19)31-21/h6-10,13H,4-5,11-12H2,1-3H3. The molecule has 0 unspecified atom stereocenters. The summed E-state index contributed by atoms with van der Waals surface area (Å²) < 4.78 is 6.27. The molecule has 164 valence electrons. The number of non-ortho nitro benzene ring substituents is 1. The van der Waals surface area contributed by atoms with Gasteiger partial charge in [0, 0.05) is 25.2 Å². The number of carbonyl (C=O) groups excluding carboxylic acids is 1. The van der Waals surface area contributed by atoms with E-state index in [-0.39, 0.29) is 16.3 Å². The number of methoxy groups -OCH3 is 1. The highest BCUT2D eigenvalue weighted by Crippen LogP contribution is 2.35. The van der Waals surface area contributed by atoms with E-state index in [9.17, 15) is 14.9 Å². The molecule has 0 atom stereocenters. The average Bonchev–Trinajstić information content (AvgIpc) is 3.20. The molecule has 0 aliphatic heterocycles. The molecule has 1 aromatic heterocycles. The third-order valence-corrected chi connectivity index (χ3v) is 6.37. The van der Waals surface area contributed by atoms with Gasteiger partial charge in [0.05, 0.1) is 27.3 Å². The van der Waals surface area contributed by atoms with E-state index in [1.165, 1.54) is 34.4 Å². The Morgan fingerprint density at radius 3 is 2.61 bits per heavy atom. The van der Waals surface area contributed by atoms with Crippen LogP contribution in [0.5, 0.6) is 5.75 Å². The molecule has 0 bridgehead atoms. The lowest BCUT2D eigenvalue weighted by atomic mass is 10.1. The fourth-order valence-corrected chi connectivity index (χ4v) is 4.40. The number of para-hydroxylation sites is 1. The first kappa shape index (κ1) is 22.9. The minimum absolute atomic E-state index is 0.0710. The Morgan fingerprint density at radius 1 is 1.23 bits per heavy atom. The normalized spacial score (nSPS) is 11.1. The van der Waals surface area contributed by atoms with Crippen LogP contribution in [0.4, 0.5) is 10.8 Å². The molecule has 0 radical (unpaired) electrons. The van der Waals surface area contributed by atoms with Crippen LogP contribution in [-0.2, 0) is 0 Å². The third-order valence-electron chi connectivity index (χ3n) is 4.99. The van der Waals surface area contributed by atoms with Gasteiger partial charge >= 0.3 is 0 Å². The predicted molar refractivity (Wildman–Crippen MR) is 124 cm³/mol. The molecular formula is C21H23ClN4O4S. The van der Waals surface area contributed by atoms with Crippen LogP contribution in [0, 0.1) is 10.1 Å². The number of nitro benzene ring substituents is 1. The number of benzene rings is 2. The molecule has 1 heterocycles. The van der Waals surface area contributed by atoms with Crippen molar-refractivity contribution in [1.82, 2.24) is 9.88 Å². The topological polar surface area (TPSA) is 88.8 Å². The molecule has 0 aliphatic carbocycles. The van der Waals surface area contributed by atoms with Crippen LogP contribution < -0.4 is 9.64 Å². The maximum Gasteiger partial charge on any atom is 0.270 e. The summed E-state index contributed by atoms with van der Waals surface area (Å²) in [4.78, 5) is 32.5. The lowest BCUT2D eigenvalue weighted by molar-refractivity contribution is -0.384. The Hall–Kier alpha value is -2.75. The molecule has 3 rings (SSSR count). The van der Waals surface area contributed by atoms with Crippen LogP contribution in [0.15, 0.2) is 36.4 Å². The summed E-state index contributed by atoms with van der Waals surface area (Å²) in [6, 6.07) is 9.45. The number of anilines is 1. The number of nitro groups is 1. The van der Waals surface area contributed by atoms with E-state index in [0.29, 0.717) is 29.5 Å². The van der Waals surface area contributed by atoms with Crippen molar-refractivity contribution in [2.24, 2.45) is 0 Å². The molecule has 3 aromatic rings. The summed E-state index contributed by atoms with van der Waals surface area (Å²) in [6.07, 6.45) is 0. The van der Waals surface area contributed by atoms with E-state index < -0.39 is 10.8 Å². The van der Waals surface area contributed by atoms with Crippen molar-refractivity contribution in [1.29, 1.82) is 0 Å². The van der Waals surface area contributed by atoms with E-state index >= 15 is 0 Å². The number of fused-ring (bicyclic) bond motifs is 1. The zero-order chi connectivity index (χ0) is 22.5. The Kier molecular flexibility index (Phi) is 7.42. The number of halogens is 1. The number of hydrogen-bond acceptors (Lipinski definition) is 7. The number of thiazole rings is 1. The van der Waals surface area contributed by atoms with Crippen molar-refractivity contribution in [2.75, 3.05) is 38.2 Å². The lowest BCUT2D eigenvalue weighted by Gasteiger charge is -2.25. The highest BCUT2D eigenvalue weighted by atomic mass is 35.5. The molecule has 2 aromatic carbocycles. The van der Waals surface area contributed by atoms with Gasteiger partial charge in [0.2, 0.25) is 0 Å². The van der Waals surface area contributed by atoms with E-state index in [1.807, 2.05) is 18.2 Å². The number of aromatic nitrogens is 1.